The van der Waals surface area contributed by atoms with Gasteiger partial charge in [0.2, 0.25) is 11.8 Å². The topological polar surface area (TPSA) is 98.2 Å². The lowest BCUT2D eigenvalue weighted by molar-refractivity contribution is -0.117. The van der Waals surface area contributed by atoms with E-state index in [4.69, 9.17) is 11.5 Å². The van der Waals surface area contributed by atoms with E-state index in [1.807, 2.05) is 0 Å². The highest BCUT2D eigenvalue weighted by Gasteiger charge is 2.26. The normalized spacial score (nSPS) is 21.7. The maximum Gasteiger partial charge on any atom is 0.248 e. The maximum absolute atomic E-state index is 12.0. The number of nitrogens with one attached hydrogen (secondary N) is 1. The summed E-state index contributed by atoms with van der Waals surface area (Å²) in [7, 11) is 0. The minimum absolute atomic E-state index is 0.0291. The first-order valence-electron chi connectivity index (χ1n) is 6.93. The van der Waals surface area contributed by atoms with Crippen LogP contribution in [0, 0.1) is 12.8 Å². The molecule has 5 heteroatoms. The smallest absolute Gasteiger partial charge is 0.248 e. The fourth-order valence-electron chi connectivity index (χ4n) is 2.79. The van der Waals surface area contributed by atoms with Gasteiger partial charge in [-0.25, -0.2) is 0 Å². The van der Waals surface area contributed by atoms with Gasteiger partial charge in [0.25, 0.3) is 0 Å². The van der Waals surface area contributed by atoms with Gasteiger partial charge >= 0.3 is 0 Å². The largest absolute Gasteiger partial charge is 0.366 e. The summed E-state index contributed by atoms with van der Waals surface area (Å²) in [5.74, 6) is -0.211. The van der Waals surface area contributed by atoms with Gasteiger partial charge in [0.1, 0.15) is 0 Å². The Kier molecular flexibility index (Phi) is 4.39. The average Bonchev–Trinajstić information content (AvgIpc) is 2.74. The van der Waals surface area contributed by atoms with E-state index in [1.165, 1.54) is 0 Å². The number of aryl methyl sites for hydroxylation is 1. The first kappa shape index (κ1) is 14.5. The Balaban J connectivity index is 1.97. The van der Waals surface area contributed by atoms with Gasteiger partial charge in [0.05, 0.1) is 0 Å². The van der Waals surface area contributed by atoms with Crippen molar-refractivity contribution in [1.82, 2.24) is 0 Å². The number of hydrogen-bond donors (Lipinski definition) is 3. The van der Waals surface area contributed by atoms with Crippen LogP contribution in [0.3, 0.4) is 0 Å². The zero-order valence-corrected chi connectivity index (χ0v) is 11.7. The third kappa shape index (κ3) is 3.36. The molecule has 2 rings (SSSR count). The van der Waals surface area contributed by atoms with Gasteiger partial charge < -0.3 is 16.8 Å². The van der Waals surface area contributed by atoms with Gasteiger partial charge in [0, 0.05) is 23.7 Å². The predicted octanol–water partition coefficient (Wildman–Crippen LogP) is 1.55. The second kappa shape index (κ2) is 6.05. The van der Waals surface area contributed by atoms with Crippen molar-refractivity contribution in [3.05, 3.63) is 29.3 Å². The monoisotopic (exact) mass is 275 g/mol. The summed E-state index contributed by atoms with van der Waals surface area (Å²) in [4.78, 5) is 23.1. The van der Waals surface area contributed by atoms with E-state index in [0.717, 1.165) is 24.8 Å². The number of nitrogens with two attached hydrogens (primary N) is 2. The van der Waals surface area contributed by atoms with Crippen LogP contribution < -0.4 is 16.8 Å². The van der Waals surface area contributed by atoms with Crippen molar-refractivity contribution >= 4 is 17.5 Å². The molecule has 0 aliphatic heterocycles. The fraction of sp³-hybridized carbons (Fsp3) is 0.467. The number of hydrogen-bond acceptors (Lipinski definition) is 3. The zero-order valence-electron chi connectivity index (χ0n) is 11.7. The lowest BCUT2D eigenvalue weighted by Crippen LogP contribution is -2.28. The Morgan fingerprint density at radius 2 is 2.10 bits per heavy atom. The summed E-state index contributed by atoms with van der Waals surface area (Å²) in [5, 5.41) is 2.85. The third-order valence-electron chi connectivity index (χ3n) is 3.94. The molecule has 108 valence electrons. The van der Waals surface area contributed by atoms with Gasteiger partial charge in [-0.1, -0.05) is 6.42 Å². The molecule has 1 aliphatic rings. The number of amides is 2. The van der Waals surface area contributed by atoms with Crippen LogP contribution in [0.25, 0.3) is 0 Å². The number of benzene rings is 1. The summed E-state index contributed by atoms with van der Waals surface area (Å²) in [6.45, 7) is 1.79. The van der Waals surface area contributed by atoms with Crippen LogP contribution in [-0.2, 0) is 4.79 Å². The van der Waals surface area contributed by atoms with E-state index < -0.39 is 5.91 Å². The van der Waals surface area contributed by atoms with Crippen molar-refractivity contribution in [3.8, 4) is 0 Å². The van der Waals surface area contributed by atoms with E-state index in [-0.39, 0.29) is 17.9 Å². The number of anilines is 1. The number of primary amides is 1. The Morgan fingerprint density at radius 3 is 2.65 bits per heavy atom. The van der Waals surface area contributed by atoms with Crippen LogP contribution in [0.1, 0.15) is 41.6 Å². The molecule has 0 heterocycles. The maximum atomic E-state index is 12.0. The molecule has 0 radical (unpaired) electrons. The van der Waals surface area contributed by atoms with Crippen LogP contribution in [0.4, 0.5) is 5.69 Å². The molecule has 1 fully saturated rings. The first-order valence-corrected chi connectivity index (χ1v) is 6.93. The average molecular weight is 275 g/mol. The van der Waals surface area contributed by atoms with Crippen LogP contribution in [-0.4, -0.2) is 17.9 Å². The van der Waals surface area contributed by atoms with Crippen LogP contribution in [0.15, 0.2) is 18.2 Å². The molecule has 0 aromatic heterocycles. The summed E-state index contributed by atoms with van der Waals surface area (Å²) in [6, 6.07) is 5.22. The first-order chi connectivity index (χ1) is 9.47. The van der Waals surface area contributed by atoms with Crippen molar-refractivity contribution in [2.75, 3.05) is 5.32 Å². The number of rotatable bonds is 4. The van der Waals surface area contributed by atoms with Gasteiger partial charge in [-0.05, 0) is 49.4 Å². The van der Waals surface area contributed by atoms with Crippen LogP contribution in [0.5, 0.6) is 0 Å². The summed E-state index contributed by atoms with van der Waals surface area (Å²) < 4.78 is 0. The molecule has 0 unspecified atom stereocenters. The number of carbonyl (C=O) groups excluding carboxylic acids is 2. The molecule has 0 saturated heterocycles. The van der Waals surface area contributed by atoms with E-state index in [2.05, 4.69) is 5.32 Å². The molecule has 20 heavy (non-hydrogen) atoms. The van der Waals surface area contributed by atoms with E-state index in [0.29, 0.717) is 17.7 Å². The second-order valence-corrected chi connectivity index (χ2v) is 5.50. The highest BCUT2D eigenvalue weighted by atomic mass is 16.2. The summed E-state index contributed by atoms with van der Waals surface area (Å²) in [6.07, 6.45) is 3.59. The van der Waals surface area contributed by atoms with E-state index in [9.17, 15) is 9.59 Å². The third-order valence-corrected chi connectivity index (χ3v) is 3.94. The Bertz CT molecular complexity index is 528. The highest BCUT2D eigenvalue weighted by Crippen LogP contribution is 2.27. The highest BCUT2D eigenvalue weighted by molar-refractivity contribution is 5.96. The Morgan fingerprint density at radius 1 is 1.35 bits per heavy atom. The van der Waals surface area contributed by atoms with Crippen molar-refractivity contribution in [1.29, 1.82) is 0 Å². The molecular weight excluding hydrogens is 254 g/mol. The Labute approximate surface area is 118 Å². The molecule has 5 N–H and O–H groups in total. The summed E-state index contributed by atoms with van der Waals surface area (Å²) >= 11 is 0. The lowest BCUT2D eigenvalue weighted by atomic mass is 10.00. The van der Waals surface area contributed by atoms with Gasteiger partial charge in [-0.2, -0.15) is 0 Å². The molecule has 2 amide bonds. The van der Waals surface area contributed by atoms with Gasteiger partial charge in [-0.3, -0.25) is 9.59 Å². The van der Waals surface area contributed by atoms with Crippen molar-refractivity contribution in [2.45, 2.75) is 38.6 Å². The number of carbonyl (C=O) groups is 2. The van der Waals surface area contributed by atoms with Crippen molar-refractivity contribution < 1.29 is 9.59 Å². The Hall–Kier alpha value is -1.88. The fourth-order valence-corrected chi connectivity index (χ4v) is 2.79. The zero-order chi connectivity index (χ0) is 14.7. The molecule has 0 spiro atoms. The van der Waals surface area contributed by atoms with Crippen LogP contribution in [0.2, 0.25) is 0 Å². The molecule has 1 aromatic rings. The second-order valence-electron chi connectivity index (χ2n) is 5.50. The standard InChI is InChI=1S/C15H21N3O2/c1-9-7-11(5-6-12(9)15(17)20)18-14(19)8-10-3-2-4-13(10)16/h5-7,10,13H,2-4,8,16H2,1H3,(H2,17,20)(H,18,19)/t10-,13+/m0/s1. The quantitative estimate of drug-likeness (QED) is 0.777. The molecule has 1 saturated carbocycles. The molecule has 5 nitrogen and oxygen atoms in total. The molecule has 2 atom stereocenters. The lowest BCUT2D eigenvalue weighted by Gasteiger charge is -2.15. The summed E-state index contributed by atoms with van der Waals surface area (Å²) in [5.41, 5.74) is 13.1. The molecule has 1 aliphatic carbocycles. The van der Waals surface area contributed by atoms with Crippen molar-refractivity contribution in [3.63, 3.8) is 0 Å². The minimum Gasteiger partial charge on any atom is -0.366 e. The van der Waals surface area contributed by atoms with E-state index >= 15 is 0 Å². The van der Waals surface area contributed by atoms with E-state index in [1.54, 1.807) is 25.1 Å². The SMILES string of the molecule is Cc1cc(NC(=O)C[C@@H]2CCC[C@H]2N)ccc1C(N)=O. The molecule has 1 aromatic carbocycles. The van der Waals surface area contributed by atoms with Gasteiger partial charge in [-0.15, -0.1) is 0 Å². The molecule has 0 bridgehead atoms. The molecular formula is C15H21N3O2. The van der Waals surface area contributed by atoms with Crippen LogP contribution >= 0.6 is 0 Å². The minimum atomic E-state index is -0.461. The predicted molar refractivity (Wildman–Crippen MR) is 78.3 cm³/mol. The van der Waals surface area contributed by atoms with Gasteiger partial charge in [0.15, 0.2) is 0 Å². The van der Waals surface area contributed by atoms with Crippen molar-refractivity contribution in [2.24, 2.45) is 17.4 Å².